The molecular formula is C22H28FN3O. The Hall–Kier alpha value is -2.24. The van der Waals surface area contributed by atoms with Crippen LogP contribution in [-0.2, 0) is 11.3 Å². The average Bonchev–Trinajstić information content (AvgIpc) is 3.49. The molecule has 0 aliphatic heterocycles. The van der Waals surface area contributed by atoms with E-state index in [9.17, 15) is 9.18 Å². The highest BCUT2D eigenvalue weighted by molar-refractivity contribution is 5.78. The monoisotopic (exact) mass is 369 g/mol. The molecular weight excluding hydrogens is 341 g/mol. The van der Waals surface area contributed by atoms with Crippen LogP contribution in [0.15, 0.2) is 54.6 Å². The Labute approximate surface area is 161 Å². The van der Waals surface area contributed by atoms with E-state index >= 15 is 0 Å². The van der Waals surface area contributed by atoms with Crippen molar-refractivity contribution in [3.63, 3.8) is 0 Å². The van der Waals surface area contributed by atoms with Crippen LogP contribution in [0.3, 0.4) is 0 Å². The maximum atomic E-state index is 13.1. The number of carbonyl (C=O) groups is 1. The van der Waals surface area contributed by atoms with Crippen LogP contribution in [0.2, 0.25) is 0 Å². The Bertz CT molecular complexity index is 729. The number of benzene rings is 2. The van der Waals surface area contributed by atoms with E-state index in [1.807, 2.05) is 32.3 Å². The van der Waals surface area contributed by atoms with E-state index in [0.29, 0.717) is 25.7 Å². The molecule has 1 atom stereocenters. The summed E-state index contributed by atoms with van der Waals surface area (Å²) in [5, 5.41) is 3.09. The fourth-order valence-electron chi connectivity index (χ4n) is 3.30. The lowest BCUT2D eigenvalue weighted by Gasteiger charge is -2.26. The highest BCUT2D eigenvalue weighted by Gasteiger charge is 2.30. The van der Waals surface area contributed by atoms with Crippen LogP contribution in [0.5, 0.6) is 0 Å². The first-order chi connectivity index (χ1) is 13.0. The topological polar surface area (TPSA) is 35.6 Å². The third kappa shape index (κ3) is 5.88. The predicted molar refractivity (Wildman–Crippen MR) is 106 cm³/mol. The third-order valence-corrected chi connectivity index (χ3v) is 5.01. The van der Waals surface area contributed by atoms with Crippen LogP contribution in [0.4, 0.5) is 4.39 Å². The Morgan fingerprint density at radius 1 is 1.11 bits per heavy atom. The van der Waals surface area contributed by atoms with E-state index in [2.05, 4.69) is 27.2 Å². The van der Waals surface area contributed by atoms with E-state index in [1.54, 1.807) is 12.1 Å². The fraction of sp³-hybridized carbons (Fsp3) is 0.409. The Morgan fingerprint density at radius 2 is 1.78 bits per heavy atom. The van der Waals surface area contributed by atoms with Crippen LogP contribution >= 0.6 is 0 Å². The molecule has 0 bridgehead atoms. The lowest BCUT2D eigenvalue weighted by Crippen LogP contribution is -2.41. The molecule has 1 fully saturated rings. The maximum absolute atomic E-state index is 13.1. The predicted octanol–water partition coefficient (Wildman–Crippen LogP) is 3.21. The summed E-state index contributed by atoms with van der Waals surface area (Å²) in [4.78, 5) is 16.9. The van der Waals surface area contributed by atoms with Gasteiger partial charge in [-0.15, -0.1) is 0 Å². The van der Waals surface area contributed by atoms with Gasteiger partial charge in [-0.3, -0.25) is 9.69 Å². The van der Waals surface area contributed by atoms with Crippen LogP contribution in [-0.4, -0.2) is 48.9 Å². The lowest BCUT2D eigenvalue weighted by molar-refractivity contribution is -0.122. The van der Waals surface area contributed by atoms with E-state index in [1.165, 1.54) is 17.7 Å². The zero-order valence-electron chi connectivity index (χ0n) is 16.1. The van der Waals surface area contributed by atoms with Gasteiger partial charge in [-0.05, 0) is 50.2 Å². The summed E-state index contributed by atoms with van der Waals surface area (Å²) in [6, 6.07) is 17.3. The number of rotatable bonds is 9. The summed E-state index contributed by atoms with van der Waals surface area (Å²) in [5.41, 5.74) is 2.22. The van der Waals surface area contributed by atoms with Crippen molar-refractivity contribution in [3.8, 4) is 0 Å². The first-order valence-corrected chi connectivity index (χ1v) is 9.49. The number of halogens is 1. The van der Waals surface area contributed by atoms with Gasteiger partial charge in [0.2, 0.25) is 5.91 Å². The molecule has 1 aliphatic rings. The molecule has 4 nitrogen and oxygen atoms in total. The van der Waals surface area contributed by atoms with Gasteiger partial charge in [-0.25, -0.2) is 4.39 Å². The molecule has 1 N–H and O–H groups in total. The Kier molecular flexibility index (Phi) is 6.58. The molecule has 3 rings (SSSR count). The van der Waals surface area contributed by atoms with Crippen molar-refractivity contribution in [3.05, 3.63) is 71.5 Å². The van der Waals surface area contributed by atoms with Gasteiger partial charge in [-0.1, -0.05) is 42.5 Å². The first-order valence-electron chi connectivity index (χ1n) is 9.49. The highest BCUT2D eigenvalue weighted by Crippen LogP contribution is 2.28. The molecule has 2 aromatic rings. The number of nitrogens with zero attached hydrogens (tertiary/aromatic N) is 2. The summed E-state index contributed by atoms with van der Waals surface area (Å²) in [6.45, 7) is 1.62. The maximum Gasteiger partial charge on any atom is 0.234 e. The van der Waals surface area contributed by atoms with Crippen molar-refractivity contribution < 1.29 is 9.18 Å². The summed E-state index contributed by atoms with van der Waals surface area (Å²) in [6.07, 6.45) is 2.25. The second-order valence-electron chi connectivity index (χ2n) is 7.46. The van der Waals surface area contributed by atoms with Gasteiger partial charge < -0.3 is 10.2 Å². The van der Waals surface area contributed by atoms with Crippen molar-refractivity contribution in [1.82, 2.24) is 15.1 Å². The van der Waals surface area contributed by atoms with Gasteiger partial charge in [0.15, 0.2) is 0 Å². The third-order valence-electron chi connectivity index (χ3n) is 5.01. The van der Waals surface area contributed by atoms with E-state index in [-0.39, 0.29) is 17.8 Å². The lowest BCUT2D eigenvalue weighted by atomic mass is 10.1. The normalized spacial score (nSPS) is 15.1. The second kappa shape index (κ2) is 9.11. The minimum absolute atomic E-state index is 0.0341. The highest BCUT2D eigenvalue weighted by atomic mass is 19.1. The van der Waals surface area contributed by atoms with Gasteiger partial charge in [-0.2, -0.15) is 0 Å². The summed E-state index contributed by atoms with van der Waals surface area (Å²) < 4.78 is 13.1. The molecule has 0 saturated heterocycles. The van der Waals surface area contributed by atoms with Gasteiger partial charge in [0.25, 0.3) is 0 Å². The Morgan fingerprint density at radius 3 is 2.37 bits per heavy atom. The molecule has 0 heterocycles. The molecule has 1 unspecified atom stereocenters. The molecule has 0 radical (unpaired) electrons. The molecule has 27 heavy (non-hydrogen) atoms. The standard InChI is InChI=1S/C22H28FN3O/c1-25(2)21(18-6-4-3-5-7-18)14-24-22(27)16-26(20-12-13-20)15-17-8-10-19(23)11-9-17/h3-11,20-21H,12-16H2,1-2H3,(H,24,27). The van der Waals surface area contributed by atoms with Crippen LogP contribution < -0.4 is 5.32 Å². The number of amides is 1. The molecule has 5 heteroatoms. The average molecular weight is 369 g/mol. The van der Waals surface area contributed by atoms with Crippen molar-refractivity contribution in [2.45, 2.75) is 31.5 Å². The minimum Gasteiger partial charge on any atom is -0.353 e. The zero-order chi connectivity index (χ0) is 19.2. The zero-order valence-corrected chi connectivity index (χ0v) is 16.1. The smallest absolute Gasteiger partial charge is 0.234 e. The minimum atomic E-state index is -0.231. The molecule has 0 spiro atoms. The molecule has 1 saturated carbocycles. The first kappa shape index (κ1) is 19.5. The summed E-state index contributed by atoms with van der Waals surface area (Å²) in [7, 11) is 4.05. The SMILES string of the molecule is CN(C)C(CNC(=O)CN(Cc1ccc(F)cc1)C1CC1)c1ccccc1. The van der Waals surface area contributed by atoms with Crippen molar-refractivity contribution in [1.29, 1.82) is 0 Å². The second-order valence-corrected chi connectivity index (χ2v) is 7.46. The van der Waals surface area contributed by atoms with Gasteiger partial charge in [0.05, 0.1) is 12.6 Å². The van der Waals surface area contributed by atoms with Crippen LogP contribution in [0.1, 0.15) is 30.0 Å². The van der Waals surface area contributed by atoms with Gasteiger partial charge >= 0.3 is 0 Å². The summed E-state index contributed by atoms with van der Waals surface area (Å²) >= 11 is 0. The molecule has 144 valence electrons. The van der Waals surface area contributed by atoms with E-state index in [4.69, 9.17) is 0 Å². The molecule has 1 aliphatic carbocycles. The number of nitrogens with one attached hydrogen (secondary N) is 1. The summed E-state index contributed by atoms with van der Waals surface area (Å²) in [5.74, 6) is -0.197. The number of hydrogen-bond donors (Lipinski definition) is 1. The van der Waals surface area contributed by atoms with Gasteiger partial charge in [0, 0.05) is 19.1 Å². The fourth-order valence-corrected chi connectivity index (χ4v) is 3.30. The Balaban J connectivity index is 1.55. The van der Waals surface area contributed by atoms with E-state index in [0.717, 1.165) is 18.4 Å². The van der Waals surface area contributed by atoms with Crippen molar-refractivity contribution in [2.75, 3.05) is 27.2 Å². The van der Waals surface area contributed by atoms with Crippen molar-refractivity contribution >= 4 is 5.91 Å². The van der Waals surface area contributed by atoms with E-state index < -0.39 is 0 Å². The number of hydrogen-bond acceptors (Lipinski definition) is 3. The quantitative estimate of drug-likeness (QED) is 0.737. The molecule has 2 aromatic carbocycles. The molecule has 1 amide bonds. The van der Waals surface area contributed by atoms with Crippen LogP contribution in [0, 0.1) is 5.82 Å². The van der Waals surface area contributed by atoms with Gasteiger partial charge in [0.1, 0.15) is 5.82 Å². The number of likely N-dealkylation sites (N-methyl/N-ethyl adjacent to an activating group) is 1. The largest absolute Gasteiger partial charge is 0.353 e. The van der Waals surface area contributed by atoms with Crippen LogP contribution in [0.25, 0.3) is 0 Å². The van der Waals surface area contributed by atoms with Crippen molar-refractivity contribution in [2.24, 2.45) is 0 Å². The molecule has 0 aromatic heterocycles. The number of carbonyl (C=O) groups excluding carboxylic acids is 1.